The summed E-state index contributed by atoms with van der Waals surface area (Å²) in [6, 6.07) is -1.40. The molecule has 0 saturated carbocycles. The van der Waals surface area contributed by atoms with E-state index in [0.29, 0.717) is 32.6 Å². The molecule has 1 aliphatic rings. The van der Waals surface area contributed by atoms with Crippen LogP contribution in [0.5, 0.6) is 0 Å². The number of nitrogens with zero attached hydrogens (tertiary/aromatic N) is 2. The van der Waals surface area contributed by atoms with E-state index in [0.717, 1.165) is 0 Å². The van der Waals surface area contributed by atoms with Gasteiger partial charge in [0.25, 0.3) is 0 Å². The SMILES string of the molecule is CC(NC(N)=O)C(=O)N1CCCN(CC(=O)O)CC1. The Hall–Kier alpha value is -1.83. The van der Waals surface area contributed by atoms with Gasteiger partial charge in [-0.05, 0) is 13.3 Å². The first-order valence-corrected chi connectivity index (χ1v) is 6.19. The second-order valence-corrected chi connectivity index (χ2v) is 4.58. The normalized spacial score (nSPS) is 18.5. The molecule has 8 heteroatoms. The van der Waals surface area contributed by atoms with E-state index in [1.54, 1.807) is 16.7 Å². The highest BCUT2D eigenvalue weighted by Gasteiger charge is 2.24. The number of carbonyl (C=O) groups excluding carboxylic acids is 2. The Morgan fingerprint density at radius 2 is 1.95 bits per heavy atom. The lowest BCUT2D eigenvalue weighted by molar-refractivity contribution is -0.138. The fourth-order valence-corrected chi connectivity index (χ4v) is 2.09. The predicted molar refractivity (Wildman–Crippen MR) is 67.5 cm³/mol. The maximum atomic E-state index is 12.0. The molecule has 0 aromatic rings. The average molecular weight is 272 g/mol. The summed E-state index contributed by atoms with van der Waals surface area (Å²) >= 11 is 0. The van der Waals surface area contributed by atoms with Gasteiger partial charge in [-0.25, -0.2) is 4.79 Å². The van der Waals surface area contributed by atoms with Gasteiger partial charge in [0, 0.05) is 26.2 Å². The molecule has 0 aromatic heterocycles. The Morgan fingerprint density at radius 1 is 1.26 bits per heavy atom. The second kappa shape index (κ2) is 6.93. The molecular formula is C11H20N4O4. The van der Waals surface area contributed by atoms with Crippen LogP contribution in [0.15, 0.2) is 0 Å². The molecule has 1 fully saturated rings. The van der Waals surface area contributed by atoms with Crippen molar-refractivity contribution in [1.82, 2.24) is 15.1 Å². The predicted octanol–water partition coefficient (Wildman–Crippen LogP) is -1.34. The van der Waals surface area contributed by atoms with Crippen molar-refractivity contribution in [2.45, 2.75) is 19.4 Å². The minimum absolute atomic E-state index is 0.0167. The highest BCUT2D eigenvalue weighted by molar-refractivity contribution is 5.86. The summed E-state index contributed by atoms with van der Waals surface area (Å²) in [7, 11) is 0. The number of amides is 3. The molecule has 3 amide bonds. The molecule has 19 heavy (non-hydrogen) atoms. The third kappa shape index (κ3) is 5.12. The topological polar surface area (TPSA) is 116 Å². The Morgan fingerprint density at radius 3 is 2.53 bits per heavy atom. The second-order valence-electron chi connectivity index (χ2n) is 4.58. The first-order valence-electron chi connectivity index (χ1n) is 6.19. The van der Waals surface area contributed by atoms with Crippen molar-refractivity contribution in [3.63, 3.8) is 0 Å². The molecule has 1 heterocycles. The number of carboxylic acid groups (broad SMARTS) is 1. The van der Waals surface area contributed by atoms with Crippen molar-refractivity contribution < 1.29 is 19.5 Å². The number of carboxylic acids is 1. The minimum Gasteiger partial charge on any atom is -0.480 e. The van der Waals surface area contributed by atoms with Gasteiger partial charge in [-0.15, -0.1) is 0 Å². The van der Waals surface area contributed by atoms with E-state index in [4.69, 9.17) is 10.8 Å². The van der Waals surface area contributed by atoms with Crippen LogP contribution in [-0.2, 0) is 9.59 Å². The molecule has 1 rings (SSSR count). The molecule has 0 radical (unpaired) electrons. The highest BCUT2D eigenvalue weighted by Crippen LogP contribution is 2.05. The van der Waals surface area contributed by atoms with E-state index in [1.165, 1.54) is 0 Å². The van der Waals surface area contributed by atoms with Crippen LogP contribution in [0.25, 0.3) is 0 Å². The molecule has 1 atom stereocenters. The number of nitrogens with one attached hydrogen (secondary N) is 1. The van der Waals surface area contributed by atoms with Crippen molar-refractivity contribution >= 4 is 17.9 Å². The van der Waals surface area contributed by atoms with Gasteiger partial charge in [0.1, 0.15) is 6.04 Å². The average Bonchev–Trinajstić information content (AvgIpc) is 2.52. The Kier molecular flexibility index (Phi) is 5.56. The number of primary amides is 1. The summed E-state index contributed by atoms with van der Waals surface area (Å²) in [5.41, 5.74) is 4.97. The zero-order valence-electron chi connectivity index (χ0n) is 11.0. The van der Waals surface area contributed by atoms with E-state index in [1.807, 2.05) is 0 Å². The summed E-state index contributed by atoms with van der Waals surface area (Å²) < 4.78 is 0. The zero-order valence-corrected chi connectivity index (χ0v) is 11.0. The number of urea groups is 1. The third-order valence-electron chi connectivity index (χ3n) is 2.99. The molecular weight excluding hydrogens is 252 g/mol. The van der Waals surface area contributed by atoms with Crippen molar-refractivity contribution in [1.29, 1.82) is 0 Å². The molecule has 0 aromatic carbocycles. The first kappa shape index (κ1) is 15.2. The lowest BCUT2D eigenvalue weighted by Gasteiger charge is -2.24. The molecule has 0 bridgehead atoms. The van der Waals surface area contributed by atoms with E-state index in [-0.39, 0.29) is 12.5 Å². The van der Waals surface area contributed by atoms with Gasteiger partial charge in [0.2, 0.25) is 5.91 Å². The van der Waals surface area contributed by atoms with E-state index >= 15 is 0 Å². The molecule has 108 valence electrons. The summed E-state index contributed by atoms with van der Waals surface area (Å²) in [6.45, 7) is 3.73. The summed E-state index contributed by atoms with van der Waals surface area (Å²) in [6.07, 6.45) is 0.711. The van der Waals surface area contributed by atoms with Crippen LogP contribution in [0.2, 0.25) is 0 Å². The first-order chi connectivity index (χ1) is 8.90. The van der Waals surface area contributed by atoms with Gasteiger partial charge in [-0.2, -0.15) is 0 Å². The van der Waals surface area contributed by atoms with Crippen LogP contribution >= 0.6 is 0 Å². The van der Waals surface area contributed by atoms with Crippen molar-refractivity contribution in [3.05, 3.63) is 0 Å². The van der Waals surface area contributed by atoms with Crippen molar-refractivity contribution in [2.24, 2.45) is 5.73 Å². The molecule has 1 saturated heterocycles. The molecule has 1 aliphatic heterocycles. The number of carbonyl (C=O) groups is 3. The summed E-state index contributed by atoms with van der Waals surface area (Å²) in [5.74, 6) is -1.07. The number of aliphatic carboxylic acids is 1. The quantitative estimate of drug-likeness (QED) is 0.586. The number of nitrogens with two attached hydrogens (primary N) is 1. The Labute approximate surface area is 111 Å². The molecule has 8 nitrogen and oxygen atoms in total. The lowest BCUT2D eigenvalue weighted by Crippen LogP contribution is -2.49. The third-order valence-corrected chi connectivity index (χ3v) is 2.99. The van der Waals surface area contributed by atoms with E-state index < -0.39 is 18.0 Å². The van der Waals surface area contributed by atoms with Crippen LogP contribution in [0.1, 0.15) is 13.3 Å². The molecule has 0 spiro atoms. The Balaban J connectivity index is 2.49. The summed E-state index contributed by atoms with van der Waals surface area (Å²) in [4.78, 5) is 36.8. The van der Waals surface area contributed by atoms with E-state index in [2.05, 4.69) is 5.32 Å². The van der Waals surface area contributed by atoms with Gasteiger partial charge in [-0.3, -0.25) is 14.5 Å². The van der Waals surface area contributed by atoms with Gasteiger partial charge in [0.15, 0.2) is 0 Å². The van der Waals surface area contributed by atoms with Gasteiger partial charge >= 0.3 is 12.0 Å². The smallest absolute Gasteiger partial charge is 0.317 e. The molecule has 0 aliphatic carbocycles. The van der Waals surface area contributed by atoms with Crippen LogP contribution < -0.4 is 11.1 Å². The monoisotopic (exact) mass is 272 g/mol. The van der Waals surface area contributed by atoms with Crippen molar-refractivity contribution in [3.8, 4) is 0 Å². The maximum Gasteiger partial charge on any atom is 0.317 e. The maximum absolute atomic E-state index is 12.0. The van der Waals surface area contributed by atoms with Crippen LogP contribution in [-0.4, -0.2) is 71.6 Å². The van der Waals surface area contributed by atoms with Crippen LogP contribution in [0.4, 0.5) is 4.79 Å². The number of hydrogen-bond donors (Lipinski definition) is 3. The van der Waals surface area contributed by atoms with Crippen LogP contribution in [0, 0.1) is 0 Å². The summed E-state index contributed by atoms with van der Waals surface area (Å²) in [5, 5.41) is 11.1. The van der Waals surface area contributed by atoms with E-state index in [9.17, 15) is 14.4 Å². The largest absolute Gasteiger partial charge is 0.480 e. The number of hydrogen-bond acceptors (Lipinski definition) is 4. The lowest BCUT2D eigenvalue weighted by atomic mass is 10.2. The highest BCUT2D eigenvalue weighted by atomic mass is 16.4. The fourth-order valence-electron chi connectivity index (χ4n) is 2.09. The van der Waals surface area contributed by atoms with Gasteiger partial charge < -0.3 is 21.1 Å². The molecule has 1 unspecified atom stereocenters. The molecule has 4 N–H and O–H groups in total. The zero-order chi connectivity index (χ0) is 14.4. The fraction of sp³-hybridized carbons (Fsp3) is 0.727. The van der Waals surface area contributed by atoms with Gasteiger partial charge in [0.05, 0.1) is 6.54 Å². The Bertz CT molecular complexity index is 361. The van der Waals surface area contributed by atoms with Crippen molar-refractivity contribution in [2.75, 3.05) is 32.7 Å². The van der Waals surface area contributed by atoms with Crippen LogP contribution in [0.3, 0.4) is 0 Å². The van der Waals surface area contributed by atoms with Gasteiger partial charge in [-0.1, -0.05) is 0 Å². The minimum atomic E-state index is -0.872. The standard InChI is InChI=1S/C11H20N4O4/c1-8(13-11(12)19)10(18)15-4-2-3-14(5-6-15)7-9(16)17/h8H,2-7H2,1H3,(H,16,17)(H3,12,13,19). The number of rotatable bonds is 4.